The van der Waals surface area contributed by atoms with Gasteiger partial charge in [0.25, 0.3) is 0 Å². The van der Waals surface area contributed by atoms with Gasteiger partial charge in [0.05, 0.1) is 6.61 Å². The summed E-state index contributed by atoms with van der Waals surface area (Å²) in [5.41, 5.74) is 8.45. The molecule has 0 aromatic heterocycles. The normalized spacial score (nSPS) is 25.0. The minimum absolute atomic E-state index is 0.000390. The van der Waals surface area contributed by atoms with Crippen molar-refractivity contribution in [1.82, 2.24) is 0 Å². The van der Waals surface area contributed by atoms with Crippen molar-refractivity contribution in [1.29, 1.82) is 0 Å². The van der Waals surface area contributed by atoms with E-state index in [9.17, 15) is 9.90 Å². The fraction of sp³-hybridized carbons (Fsp3) is 0.588. The zero-order chi connectivity index (χ0) is 15.6. The van der Waals surface area contributed by atoms with Crippen LogP contribution in [0.5, 0.6) is 5.75 Å². The zero-order valence-electron chi connectivity index (χ0n) is 13.1. The molecule has 1 fully saturated rings. The summed E-state index contributed by atoms with van der Waals surface area (Å²) in [6, 6.07) is 4.14. The molecule has 0 aliphatic heterocycles. The fourth-order valence-corrected chi connectivity index (χ4v) is 3.24. The van der Waals surface area contributed by atoms with E-state index in [0.29, 0.717) is 19.4 Å². The molecule has 0 amide bonds. The van der Waals surface area contributed by atoms with E-state index in [1.54, 1.807) is 0 Å². The lowest BCUT2D eigenvalue weighted by Gasteiger charge is -2.27. The molecule has 0 bridgehead atoms. The Morgan fingerprint density at radius 2 is 2.05 bits per heavy atom. The van der Waals surface area contributed by atoms with Crippen molar-refractivity contribution in [3.63, 3.8) is 0 Å². The topological polar surface area (TPSA) is 72.5 Å². The maximum Gasteiger partial charge on any atom is 0.323 e. The molecule has 1 aliphatic rings. The Morgan fingerprint density at radius 3 is 2.71 bits per heavy atom. The number of benzene rings is 1. The van der Waals surface area contributed by atoms with Gasteiger partial charge in [-0.2, -0.15) is 0 Å². The minimum atomic E-state index is -1.07. The van der Waals surface area contributed by atoms with Gasteiger partial charge in [-0.3, -0.25) is 4.79 Å². The van der Waals surface area contributed by atoms with Gasteiger partial charge in [-0.05, 0) is 62.6 Å². The SMILES string of the molecule is Cc1ccc(C)c(OCCC2CCCC2(N)C(=O)O)c1C. The third kappa shape index (κ3) is 3.05. The number of carbonyl (C=O) groups is 1. The highest BCUT2D eigenvalue weighted by molar-refractivity contribution is 5.79. The molecule has 0 saturated heterocycles. The van der Waals surface area contributed by atoms with Gasteiger partial charge in [0, 0.05) is 0 Å². The molecule has 0 spiro atoms. The van der Waals surface area contributed by atoms with Crippen LogP contribution in [0.3, 0.4) is 0 Å². The lowest BCUT2D eigenvalue weighted by Crippen LogP contribution is -2.51. The molecule has 4 nitrogen and oxygen atoms in total. The third-order valence-corrected chi connectivity index (χ3v) is 4.86. The largest absolute Gasteiger partial charge is 0.493 e. The molecule has 0 radical (unpaired) electrons. The van der Waals surface area contributed by atoms with Crippen LogP contribution in [0, 0.1) is 26.7 Å². The average molecular weight is 291 g/mol. The zero-order valence-corrected chi connectivity index (χ0v) is 13.1. The van der Waals surface area contributed by atoms with Crippen LogP contribution < -0.4 is 10.5 Å². The molecule has 2 unspecified atom stereocenters. The quantitative estimate of drug-likeness (QED) is 0.875. The van der Waals surface area contributed by atoms with Gasteiger partial charge in [-0.15, -0.1) is 0 Å². The first-order chi connectivity index (χ1) is 9.86. The Kier molecular flexibility index (Phi) is 4.57. The molecule has 1 aromatic carbocycles. The minimum Gasteiger partial charge on any atom is -0.493 e. The van der Waals surface area contributed by atoms with Crippen LogP contribution in [0.4, 0.5) is 0 Å². The molecule has 0 heterocycles. The summed E-state index contributed by atoms with van der Waals surface area (Å²) in [7, 11) is 0. The third-order valence-electron chi connectivity index (χ3n) is 4.86. The standard InChI is InChI=1S/C17H25NO3/c1-11-6-7-12(2)15(13(11)3)21-10-8-14-5-4-9-17(14,18)16(19)20/h6-7,14H,4-5,8-10,18H2,1-3H3,(H,19,20). The second-order valence-electron chi connectivity index (χ2n) is 6.23. The van der Waals surface area contributed by atoms with Gasteiger partial charge in [0.15, 0.2) is 0 Å². The molecule has 21 heavy (non-hydrogen) atoms. The van der Waals surface area contributed by atoms with Crippen LogP contribution in [0.25, 0.3) is 0 Å². The van der Waals surface area contributed by atoms with Gasteiger partial charge in [-0.1, -0.05) is 18.6 Å². The molecule has 116 valence electrons. The van der Waals surface area contributed by atoms with Crippen molar-refractivity contribution >= 4 is 5.97 Å². The Bertz CT molecular complexity index is 541. The number of rotatable bonds is 5. The number of aliphatic carboxylic acids is 1. The fourth-order valence-electron chi connectivity index (χ4n) is 3.24. The summed E-state index contributed by atoms with van der Waals surface area (Å²) in [5.74, 6) is 0.0410. The van der Waals surface area contributed by atoms with Gasteiger partial charge >= 0.3 is 5.97 Å². The second kappa shape index (κ2) is 6.06. The predicted octanol–water partition coefficient (Wildman–Crippen LogP) is 2.96. The van der Waals surface area contributed by atoms with Crippen molar-refractivity contribution in [3.8, 4) is 5.75 Å². The second-order valence-corrected chi connectivity index (χ2v) is 6.23. The van der Waals surface area contributed by atoms with Crippen LogP contribution in [0.1, 0.15) is 42.4 Å². The number of nitrogens with two attached hydrogens (primary N) is 1. The number of ether oxygens (including phenoxy) is 1. The molecule has 4 heteroatoms. The molecule has 1 aliphatic carbocycles. The summed E-state index contributed by atoms with van der Waals surface area (Å²) >= 11 is 0. The van der Waals surface area contributed by atoms with Gasteiger partial charge in [-0.25, -0.2) is 0 Å². The molecule has 1 aromatic rings. The summed E-state index contributed by atoms with van der Waals surface area (Å²) < 4.78 is 5.93. The summed E-state index contributed by atoms with van der Waals surface area (Å²) in [4.78, 5) is 11.4. The molecular formula is C17H25NO3. The van der Waals surface area contributed by atoms with E-state index in [4.69, 9.17) is 10.5 Å². The van der Waals surface area contributed by atoms with Crippen molar-refractivity contribution in [2.75, 3.05) is 6.61 Å². The lowest BCUT2D eigenvalue weighted by atomic mass is 9.86. The number of hydrogen-bond donors (Lipinski definition) is 2. The van der Waals surface area contributed by atoms with E-state index in [2.05, 4.69) is 26.0 Å². The number of carboxylic acid groups (broad SMARTS) is 1. The maximum absolute atomic E-state index is 11.4. The van der Waals surface area contributed by atoms with Gasteiger partial charge < -0.3 is 15.6 Å². The monoisotopic (exact) mass is 291 g/mol. The van der Waals surface area contributed by atoms with E-state index in [0.717, 1.165) is 29.7 Å². The van der Waals surface area contributed by atoms with E-state index in [1.807, 2.05) is 6.92 Å². The van der Waals surface area contributed by atoms with Crippen molar-refractivity contribution in [2.24, 2.45) is 11.7 Å². The van der Waals surface area contributed by atoms with Gasteiger partial charge in [0.1, 0.15) is 11.3 Å². The van der Waals surface area contributed by atoms with E-state index < -0.39 is 11.5 Å². The summed E-state index contributed by atoms with van der Waals surface area (Å²) in [5, 5.41) is 9.32. The molecular weight excluding hydrogens is 266 g/mol. The highest BCUT2D eigenvalue weighted by Crippen LogP contribution is 2.36. The Balaban J connectivity index is 1.99. The highest BCUT2D eigenvalue weighted by atomic mass is 16.5. The van der Waals surface area contributed by atoms with Crippen LogP contribution in [-0.2, 0) is 4.79 Å². The Labute approximate surface area is 126 Å². The molecule has 3 N–H and O–H groups in total. The number of hydrogen-bond acceptors (Lipinski definition) is 3. The Morgan fingerprint density at radius 1 is 1.38 bits per heavy atom. The predicted molar refractivity (Wildman–Crippen MR) is 82.7 cm³/mol. The van der Waals surface area contributed by atoms with Crippen molar-refractivity contribution in [2.45, 2.75) is 52.0 Å². The Hall–Kier alpha value is -1.55. The van der Waals surface area contributed by atoms with Gasteiger partial charge in [0.2, 0.25) is 0 Å². The van der Waals surface area contributed by atoms with Crippen molar-refractivity contribution in [3.05, 3.63) is 28.8 Å². The van der Waals surface area contributed by atoms with Crippen LogP contribution in [0.2, 0.25) is 0 Å². The maximum atomic E-state index is 11.4. The molecule has 1 saturated carbocycles. The first-order valence-corrected chi connectivity index (χ1v) is 7.58. The smallest absolute Gasteiger partial charge is 0.323 e. The summed E-state index contributed by atoms with van der Waals surface area (Å²) in [6.07, 6.45) is 3.01. The van der Waals surface area contributed by atoms with Crippen LogP contribution in [-0.4, -0.2) is 23.2 Å². The lowest BCUT2D eigenvalue weighted by molar-refractivity contribution is -0.144. The molecule has 2 rings (SSSR count). The first kappa shape index (κ1) is 15.8. The molecule has 2 atom stereocenters. The van der Waals surface area contributed by atoms with Crippen LogP contribution >= 0.6 is 0 Å². The first-order valence-electron chi connectivity index (χ1n) is 7.58. The number of carboxylic acids is 1. The van der Waals surface area contributed by atoms with E-state index >= 15 is 0 Å². The van der Waals surface area contributed by atoms with E-state index in [-0.39, 0.29) is 5.92 Å². The summed E-state index contributed by atoms with van der Waals surface area (Å²) in [6.45, 7) is 6.66. The van der Waals surface area contributed by atoms with Crippen molar-refractivity contribution < 1.29 is 14.6 Å². The number of aryl methyl sites for hydroxylation is 2. The highest BCUT2D eigenvalue weighted by Gasteiger charge is 2.45. The average Bonchev–Trinajstić information content (AvgIpc) is 2.81. The van der Waals surface area contributed by atoms with Crippen LogP contribution in [0.15, 0.2) is 12.1 Å². The van der Waals surface area contributed by atoms with E-state index in [1.165, 1.54) is 5.56 Å².